The fourth-order valence-electron chi connectivity index (χ4n) is 1.73. The predicted molar refractivity (Wildman–Crippen MR) is 74.5 cm³/mol. The van der Waals surface area contributed by atoms with E-state index in [1.807, 2.05) is 38.1 Å². The number of amides is 2. The second-order valence-corrected chi connectivity index (χ2v) is 4.38. The molecule has 0 heterocycles. The number of hydrogen-bond donors (Lipinski definition) is 1. The van der Waals surface area contributed by atoms with Gasteiger partial charge in [0.25, 0.3) is 0 Å². The van der Waals surface area contributed by atoms with Crippen molar-refractivity contribution in [3.63, 3.8) is 0 Å². The van der Waals surface area contributed by atoms with Crippen LogP contribution in [0.3, 0.4) is 0 Å². The monoisotopic (exact) mass is 264 g/mol. The van der Waals surface area contributed by atoms with E-state index in [-0.39, 0.29) is 19.0 Å². The van der Waals surface area contributed by atoms with Crippen molar-refractivity contribution >= 4 is 17.7 Å². The number of benzene rings is 1. The van der Waals surface area contributed by atoms with Crippen LogP contribution < -0.4 is 4.90 Å². The summed E-state index contributed by atoms with van der Waals surface area (Å²) in [5.74, 6) is -0.912. The topological polar surface area (TPSA) is 60.9 Å². The van der Waals surface area contributed by atoms with Crippen LogP contribution in [-0.2, 0) is 4.79 Å². The van der Waals surface area contributed by atoms with E-state index in [2.05, 4.69) is 0 Å². The van der Waals surface area contributed by atoms with Crippen molar-refractivity contribution < 1.29 is 14.7 Å². The van der Waals surface area contributed by atoms with Gasteiger partial charge in [0, 0.05) is 25.8 Å². The number of aryl methyl sites for hydroxylation is 1. The van der Waals surface area contributed by atoms with Gasteiger partial charge in [-0.1, -0.05) is 18.2 Å². The Kier molecular flexibility index (Phi) is 5.36. The number of para-hydroxylation sites is 1. The number of nitrogens with zero attached hydrogens (tertiary/aromatic N) is 2. The molecule has 0 aliphatic carbocycles. The Morgan fingerprint density at radius 3 is 2.42 bits per heavy atom. The molecule has 1 rings (SSSR count). The highest BCUT2D eigenvalue weighted by molar-refractivity contribution is 5.93. The second kappa shape index (κ2) is 6.78. The van der Waals surface area contributed by atoms with Gasteiger partial charge in [-0.3, -0.25) is 9.69 Å². The Morgan fingerprint density at radius 2 is 1.89 bits per heavy atom. The minimum absolute atomic E-state index is 0.0718. The lowest BCUT2D eigenvalue weighted by molar-refractivity contribution is -0.136. The van der Waals surface area contributed by atoms with Crippen LogP contribution >= 0.6 is 0 Å². The normalized spacial score (nSPS) is 10.1. The van der Waals surface area contributed by atoms with Crippen LogP contribution in [0.4, 0.5) is 10.5 Å². The van der Waals surface area contributed by atoms with Crippen molar-refractivity contribution in [3.8, 4) is 0 Å². The fraction of sp³-hybridized carbons (Fsp3) is 0.429. The summed E-state index contributed by atoms with van der Waals surface area (Å²) in [6.07, 6.45) is -0.0718. The molecule has 1 N–H and O–H groups in total. The van der Waals surface area contributed by atoms with E-state index in [0.29, 0.717) is 6.54 Å². The summed E-state index contributed by atoms with van der Waals surface area (Å²) >= 11 is 0. The maximum absolute atomic E-state index is 12.3. The first-order valence-corrected chi connectivity index (χ1v) is 6.27. The molecule has 5 heteroatoms. The molecular formula is C14H20N2O3. The molecular weight excluding hydrogens is 244 g/mol. The minimum atomic E-state index is -0.912. The second-order valence-electron chi connectivity index (χ2n) is 4.38. The molecule has 5 nitrogen and oxygen atoms in total. The summed E-state index contributed by atoms with van der Waals surface area (Å²) in [7, 11) is 1.70. The number of carbonyl (C=O) groups excluding carboxylic acids is 1. The van der Waals surface area contributed by atoms with Crippen LogP contribution in [0.25, 0.3) is 0 Å². The number of carbonyl (C=O) groups is 2. The van der Waals surface area contributed by atoms with Gasteiger partial charge in [0.1, 0.15) is 0 Å². The number of hydrogen-bond acceptors (Lipinski definition) is 2. The summed E-state index contributed by atoms with van der Waals surface area (Å²) in [5, 5.41) is 8.80. The Balaban J connectivity index is 3.01. The Morgan fingerprint density at radius 1 is 1.26 bits per heavy atom. The molecule has 0 aliphatic rings. The average Bonchev–Trinajstić information content (AvgIpc) is 2.39. The van der Waals surface area contributed by atoms with Crippen molar-refractivity contribution in [3.05, 3.63) is 29.8 Å². The first-order valence-electron chi connectivity index (χ1n) is 6.27. The van der Waals surface area contributed by atoms with Gasteiger partial charge >= 0.3 is 12.0 Å². The van der Waals surface area contributed by atoms with Crippen molar-refractivity contribution in [1.29, 1.82) is 0 Å². The number of rotatable bonds is 5. The molecule has 2 amide bonds. The molecule has 0 aromatic heterocycles. The van der Waals surface area contributed by atoms with Gasteiger partial charge in [0.2, 0.25) is 0 Å². The molecule has 104 valence electrons. The molecule has 19 heavy (non-hydrogen) atoms. The SMILES string of the molecule is CCN(C)C(=O)N(CCC(=O)O)c1ccccc1C. The van der Waals surface area contributed by atoms with Gasteiger partial charge in [-0.05, 0) is 25.5 Å². The van der Waals surface area contributed by atoms with E-state index < -0.39 is 5.97 Å². The van der Waals surface area contributed by atoms with Crippen molar-refractivity contribution in [2.45, 2.75) is 20.3 Å². The average molecular weight is 264 g/mol. The summed E-state index contributed by atoms with van der Waals surface area (Å²) in [5.41, 5.74) is 1.71. The van der Waals surface area contributed by atoms with Crippen LogP contribution in [0.2, 0.25) is 0 Å². The lowest BCUT2D eigenvalue weighted by atomic mass is 10.2. The maximum Gasteiger partial charge on any atom is 0.324 e. The molecule has 0 atom stereocenters. The van der Waals surface area contributed by atoms with Gasteiger partial charge in [-0.15, -0.1) is 0 Å². The van der Waals surface area contributed by atoms with E-state index in [9.17, 15) is 9.59 Å². The first-order chi connectivity index (χ1) is 8.97. The van der Waals surface area contributed by atoms with Crippen molar-refractivity contribution in [2.75, 3.05) is 25.0 Å². The third-order valence-corrected chi connectivity index (χ3v) is 2.99. The number of aliphatic carboxylic acids is 1. The van der Waals surface area contributed by atoms with Gasteiger partial charge in [0.05, 0.1) is 6.42 Å². The van der Waals surface area contributed by atoms with Crippen LogP contribution in [-0.4, -0.2) is 42.1 Å². The van der Waals surface area contributed by atoms with E-state index in [1.165, 1.54) is 4.90 Å². The van der Waals surface area contributed by atoms with Crippen LogP contribution in [0.5, 0.6) is 0 Å². The minimum Gasteiger partial charge on any atom is -0.481 e. The largest absolute Gasteiger partial charge is 0.481 e. The zero-order chi connectivity index (χ0) is 14.4. The molecule has 0 unspecified atom stereocenters. The number of anilines is 1. The lowest BCUT2D eigenvalue weighted by Gasteiger charge is -2.28. The number of urea groups is 1. The van der Waals surface area contributed by atoms with Gasteiger partial charge < -0.3 is 10.0 Å². The molecule has 0 saturated heterocycles. The highest BCUT2D eigenvalue weighted by atomic mass is 16.4. The highest BCUT2D eigenvalue weighted by Gasteiger charge is 2.20. The maximum atomic E-state index is 12.3. The lowest BCUT2D eigenvalue weighted by Crippen LogP contribution is -2.42. The van der Waals surface area contributed by atoms with Gasteiger partial charge in [0.15, 0.2) is 0 Å². The first kappa shape index (κ1) is 15.0. The quantitative estimate of drug-likeness (QED) is 0.888. The van der Waals surface area contributed by atoms with Crippen LogP contribution in [0.1, 0.15) is 18.9 Å². The molecule has 0 aliphatic heterocycles. The van der Waals surface area contributed by atoms with E-state index in [1.54, 1.807) is 11.9 Å². The third-order valence-electron chi connectivity index (χ3n) is 2.99. The van der Waals surface area contributed by atoms with Crippen molar-refractivity contribution in [2.24, 2.45) is 0 Å². The summed E-state index contributed by atoms with van der Waals surface area (Å²) in [6.45, 7) is 4.53. The highest BCUT2D eigenvalue weighted by Crippen LogP contribution is 2.20. The predicted octanol–water partition coefficient (Wildman–Crippen LogP) is 2.35. The van der Waals surface area contributed by atoms with E-state index in [0.717, 1.165) is 11.3 Å². The van der Waals surface area contributed by atoms with Gasteiger partial charge in [-0.2, -0.15) is 0 Å². The molecule has 0 fully saturated rings. The molecule has 0 spiro atoms. The molecule has 1 aromatic carbocycles. The molecule has 1 aromatic rings. The summed E-state index contributed by atoms with van der Waals surface area (Å²) in [6, 6.07) is 7.29. The third kappa shape index (κ3) is 3.98. The molecule has 0 radical (unpaired) electrons. The Hall–Kier alpha value is -2.04. The summed E-state index contributed by atoms with van der Waals surface area (Å²) < 4.78 is 0. The van der Waals surface area contributed by atoms with Crippen LogP contribution in [0, 0.1) is 6.92 Å². The fourth-order valence-corrected chi connectivity index (χ4v) is 1.73. The standard InChI is InChI=1S/C14H20N2O3/c1-4-15(3)14(19)16(10-9-13(17)18)12-8-6-5-7-11(12)2/h5-8H,4,9-10H2,1-3H3,(H,17,18). The molecule has 0 saturated carbocycles. The number of carboxylic acids is 1. The number of carboxylic acid groups (broad SMARTS) is 1. The summed E-state index contributed by atoms with van der Waals surface area (Å²) in [4.78, 5) is 26.1. The van der Waals surface area contributed by atoms with E-state index in [4.69, 9.17) is 5.11 Å². The smallest absolute Gasteiger partial charge is 0.324 e. The Bertz CT molecular complexity index is 460. The van der Waals surface area contributed by atoms with Gasteiger partial charge in [-0.25, -0.2) is 4.79 Å². The molecule has 0 bridgehead atoms. The van der Waals surface area contributed by atoms with E-state index >= 15 is 0 Å². The zero-order valence-electron chi connectivity index (χ0n) is 11.6. The Labute approximate surface area is 113 Å². The van der Waals surface area contributed by atoms with Crippen molar-refractivity contribution in [1.82, 2.24) is 4.90 Å². The van der Waals surface area contributed by atoms with Crippen LogP contribution in [0.15, 0.2) is 24.3 Å². The zero-order valence-corrected chi connectivity index (χ0v) is 11.6.